The van der Waals surface area contributed by atoms with Crippen LogP contribution < -0.4 is 28.7 Å². The minimum atomic E-state index is -1.93. The first kappa shape index (κ1) is 99.3. The van der Waals surface area contributed by atoms with Crippen LogP contribution in [0, 0.1) is 42.3 Å². The van der Waals surface area contributed by atoms with Crippen LogP contribution in [0.25, 0.3) is 112 Å². The average molecular weight is 2630 g/mol. The Labute approximate surface area is 911 Å². The summed E-state index contributed by atoms with van der Waals surface area (Å²) < 4.78 is 104. The number of hydrogen-bond donors (Lipinski definition) is 0. The Morgan fingerprint density at radius 2 is 0.621 bits per heavy atom. The van der Waals surface area contributed by atoms with E-state index in [9.17, 15) is 0 Å². The summed E-state index contributed by atoms with van der Waals surface area (Å²) in [5, 5.41) is 6.18. The summed E-state index contributed by atoms with van der Waals surface area (Å²) in [6.07, 6.45) is 13.1. The number of hydrogen-bond acceptors (Lipinski definition) is 7. The predicted molar refractivity (Wildman–Crippen MR) is 609 cm³/mol. The van der Waals surface area contributed by atoms with E-state index < -0.39 is 64.0 Å². The fourth-order valence-corrected chi connectivity index (χ4v) is 48.8. The maximum atomic E-state index is 8.10. The zero-order valence-corrected chi connectivity index (χ0v) is 104. The maximum Gasteiger partial charge on any atom is 0 e. The summed E-state index contributed by atoms with van der Waals surface area (Å²) in [6.45, 7) is 46.1. The van der Waals surface area contributed by atoms with Crippen molar-refractivity contribution in [2.45, 2.75) is 247 Å². The molecule has 0 aliphatic heterocycles. The van der Waals surface area contributed by atoms with Gasteiger partial charge in [0.25, 0.3) is 0 Å². The second-order valence-electron chi connectivity index (χ2n) is 42.4. The van der Waals surface area contributed by atoms with Gasteiger partial charge in [-0.15, -0.1) is 107 Å². The summed E-state index contributed by atoms with van der Waals surface area (Å²) >= 11 is -5.54. The molecule has 16 rings (SSSR count). The molecule has 16 aromatic rings. The third-order valence-corrected chi connectivity index (χ3v) is 61.2. The Morgan fingerprint density at radius 1 is 0.293 bits per heavy atom. The van der Waals surface area contributed by atoms with Crippen molar-refractivity contribution >= 4 is 115 Å². The standard InChI is InChI=1S/C24H28GeN.C20H18GeNO.C20H20GeN.3C20H28NSi.3Ir/c1-18(2)14-22-16-24(26-17-23(22)25(3,4)5)21-13-9-12-20(15-21)19-10-7-6-8-11-19;1-21(2,3)15-9-10-18(22-13-15)14-8-11-20-17(12-14)16-6-4-5-7-19(16)23-20;1-21(2,3)19-12-13-20(22-15-19)18-11-7-10-17(14-18)16-8-5-4-6-9-16;3*1-15(2)22(16(3)4,17(5)6)19-12-13-20(21-14-19)18-10-8-7-9-11-18;;;/h6-12,15-18H,14H2,1-5H3;4-7,9-13H,1-3H3;4-10,12-15H,1-3H3;3*7-10,12-17H,1-6H3;;;/q6*-1;;;/i;;;3*7D,8D,9D,10D;;;. The first-order valence-corrected chi connectivity index (χ1v) is 77.6. The van der Waals surface area contributed by atoms with Crippen molar-refractivity contribution in [3.63, 3.8) is 0 Å². The van der Waals surface area contributed by atoms with Gasteiger partial charge in [-0.3, -0.25) is 0 Å². The Kier molecular flexibility index (Phi) is 37.7. The molecule has 0 aliphatic rings. The monoisotopic (exact) mass is 2640 g/mol. The maximum absolute atomic E-state index is 8.10. The largest absolute Gasteiger partial charge is 0 e. The molecule has 7 nitrogen and oxygen atoms in total. The van der Waals surface area contributed by atoms with E-state index in [1.165, 1.54) is 56.6 Å². The molecular formula is C124H150Ge3Ir3N6OSi3-6. The normalized spacial score (nSPS) is 13.0. The van der Waals surface area contributed by atoms with Crippen molar-refractivity contribution in [2.24, 2.45) is 5.92 Å². The molecule has 140 heavy (non-hydrogen) atoms. The smallest absolute Gasteiger partial charge is 0 e. The summed E-state index contributed by atoms with van der Waals surface area (Å²) in [7, 11) is -5.39. The van der Waals surface area contributed by atoms with E-state index in [0.717, 1.165) is 62.1 Å². The molecule has 0 bridgehead atoms. The Bertz CT molecular complexity index is 6850. The van der Waals surface area contributed by atoms with Crippen LogP contribution in [0.3, 0.4) is 0 Å². The van der Waals surface area contributed by atoms with Crippen molar-refractivity contribution in [1.29, 1.82) is 0 Å². The summed E-state index contributed by atoms with van der Waals surface area (Å²) in [5.41, 5.74) is 22.1. The van der Waals surface area contributed by atoms with Crippen molar-refractivity contribution in [2.75, 3.05) is 0 Å². The molecule has 0 amide bonds. The molecule has 0 saturated carbocycles. The third-order valence-electron chi connectivity index (χ3n) is 27.3. The van der Waals surface area contributed by atoms with E-state index in [2.05, 4.69) is 404 Å². The Balaban J connectivity index is 0.000000221. The molecule has 7 aromatic heterocycles. The van der Waals surface area contributed by atoms with Crippen LogP contribution in [-0.4, -0.2) is 93.9 Å². The minimum Gasteiger partial charge on any atom is 0 e. The zero-order valence-electron chi connectivity index (χ0n) is 99.6. The van der Waals surface area contributed by atoms with Crippen LogP contribution in [0.15, 0.2) is 314 Å². The third kappa shape index (κ3) is 29.0. The van der Waals surface area contributed by atoms with Gasteiger partial charge in [0.1, 0.15) is 0 Å². The SMILES string of the molecule is CC(C)Cc1cc(-c2[c-]ccc(-c3ccccc3)c2)nc[c]1[Ge]([CH3])([CH3])[CH3].[2H]c1[c-]c(-c2ccc([Si](C(C)C)(C(C)C)C(C)C)cn2)c([2H])c([2H])c1[2H].[2H]c1[c-]c(-c2ccc([Si](C(C)C)(C(C)C)C(C)C)cn2)c([2H])c([2H])c1[2H].[2H]c1[c-]c(-c2ccc([Si](C(C)C)(C(C)C)C(C)C)cn2)c([2H])c([2H])c1[2H].[CH3][Ge]([CH3])([CH3])[c]1ccc(-c2[c-]cc3oc4ccccc4c3c2)nc1.[CH3][Ge]([CH3])([CH3])[c]1ccc(-c2[c-]ccc(-c3ccccc3)c2)nc1.[Ir].[Ir].[Ir]. The van der Waals surface area contributed by atoms with Gasteiger partial charge in [-0.1, -0.05) is 161 Å². The van der Waals surface area contributed by atoms with Crippen LogP contribution in [0.2, 0.25) is 102 Å². The van der Waals surface area contributed by atoms with Gasteiger partial charge < -0.3 is 15.0 Å². The molecule has 0 unspecified atom stereocenters. The van der Waals surface area contributed by atoms with Crippen molar-refractivity contribution < 1.29 is 81.2 Å². The van der Waals surface area contributed by atoms with Crippen molar-refractivity contribution in [3.05, 3.63) is 352 Å². The van der Waals surface area contributed by atoms with Gasteiger partial charge in [0.15, 0.2) is 0 Å². The zero-order chi connectivity index (χ0) is 110. The fourth-order valence-electron chi connectivity index (χ4n) is 21.1. The molecule has 0 N–H and O–H groups in total. The Morgan fingerprint density at radius 3 is 0.950 bits per heavy atom. The first-order chi connectivity index (χ1) is 70.0. The number of pyridine rings is 6. The molecule has 3 radical (unpaired) electrons. The van der Waals surface area contributed by atoms with Crippen LogP contribution in [0.4, 0.5) is 0 Å². The van der Waals surface area contributed by atoms with Gasteiger partial charge in [0.05, 0.1) is 24.2 Å². The van der Waals surface area contributed by atoms with Gasteiger partial charge in [-0.25, -0.2) is 0 Å². The van der Waals surface area contributed by atoms with E-state index in [0.29, 0.717) is 89.6 Å². The van der Waals surface area contributed by atoms with Crippen LogP contribution in [0.5, 0.6) is 0 Å². The van der Waals surface area contributed by atoms with Crippen LogP contribution in [0.1, 0.15) is 160 Å². The predicted octanol–water partition coefficient (Wildman–Crippen LogP) is 32.0. The van der Waals surface area contributed by atoms with Gasteiger partial charge >= 0.3 is 434 Å². The molecular weight excluding hydrogens is 2470 g/mol. The molecule has 7 heterocycles. The molecule has 9 aromatic carbocycles. The molecule has 0 fully saturated rings. The van der Waals surface area contributed by atoms with Gasteiger partial charge in [0, 0.05) is 87.1 Å². The summed E-state index contributed by atoms with van der Waals surface area (Å²) in [6, 6.07) is 84.6. The molecule has 0 atom stereocenters. The van der Waals surface area contributed by atoms with E-state index in [-0.39, 0.29) is 133 Å². The van der Waals surface area contributed by atoms with Crippen molar-refractivity contribution in [1.82, 2.24) is 29.9 Å². The average Bonchev–Trinajstić information content (AvgIpc) is 0.939. The molecule has 0 aliphatic carbocycles. The number of furan rings is 1. The van der Waals surface area contributed by atoms with E-state index in [4.69, 9.17) is 25.9 Å². The molecule has 0 spiro atoms. The van der Waals surface area contributed by atoms with Crippen LogP contribution in [-0.2, 0) is 66.7 Å². The van der Waals surface area contributed by atoms with Crippen molar-refractivity contribution in [3.8, 4) is 89.8 Å². The second-order valence-corrected chi connectivity index (χ2v) is 92.0. The second kappa shape index (κ2) is 53.1. The number of fused-ring (bicyclic) bond motifs is 3. The number of benzene rings is 9. The quantitative estimate of drug-likeness (QED) is 0.0416. The van der Waals surface area contributed by atoms with Gasteiger partial charge in [0.2, 0.25) is 0 Å². The number of rotatable bonds is 25. The number of para-hydroxylation sites is 1. The summed E-state index contributed by atoms with van der Waals surface area (Å²) in [4.78, 5) is 27.9. The summed E-state index contributed by atoms with van der Waals surface area (Å²) in [5.74, 6) is 22.3. The first-order valence-electron chi connectivity index (χ1n) is 54.8. The van der Waals surface area contributed by atoms with E-state index in [1.807, 2.05) is 85.5 Å². The number of aromatic nitrogens is 6. The molecule has 0 saturated heterocycles. The topological polar surface area (TPSA) is 90.5 Å². The van der Waals surface area contributed by atoms with E-state index >= 15 is 0 Å². The van der Waals surface area contributed by atoms with Crippen LogP contribution >= 0.6 is 0 Å². The molecule has 16 heteroatoms. The Hall–Kier alpha value is -8.09. The number of nitrogens with zero attached hydrogens (tertiary/aromatic N) is 6. The van der Waals surface area contributed by atoms with Gasteiger partial charge in [-0.2, -0.15) is 0 Å². The molecule has 739 valence electrons. The fraction of sp³-hybridized carbons (Fsp3) is 0.323. The van der Waals surface area contributed by atoms with E-state index in [1.54, 1.807) is 0 Å². The van der Waals surface area contributed by atoms with Gasteiger partial charge in [-0.05, 0) is 90.7 Å². The minimum absolute atomic E-state index is 0.